The van der Waals surface area contributed by atoms with Crippen LogP contribution in [0.25, 0.3) is 0 Å². The van der Waals surface area contributed by atoms with Crippen LogP contribution in [0.5, 0.6) is 5.75 Å². The van der Waals surface area contributed by atoms with Crippen LogP contribution in [0.2, 0.25) is 0 Å². The van der Waals surface area contributed by atoms with Crippen molar-refractivity contribution in [3.8, 4) is 5.75 Å². The SMILES string of the molecule is COc1ccc(CCNC(=O)Cc2ccc([N+](=O)[O-])cc2)cc1. The maximum atomic E-state index is 11.9. The molecule has 0 spiro atoms. The minimum Gasteiger partial charge on any atom is -0.497 e. The van der Waals surface area contributed by atoms with Gasteiger partial charge in [0.15, 0.2) is 0 Å². The zero-order chi connectivity index (χ0) is 16.7. The van der Waals surface area contributed by atoms with E-state index < -0.39 is 4.92 Å². The van der Waals surface area contributed by atoms with E-state index in [-0.39, 0.29) is 18.0 Å². The van der Waals surface area contributed by atoms with Gasteiger partial charge in [0.1, 0.15) is 5.75 Å². The summed E-state index contributed by atoms with van der Waals surface area (Å²) in [6.07, 6.45) is 0.941. The number of non-ortho nitro benzene ring substituents is 1. The van der Waals surface area contributed by atoms with Crippen molar-refractivity contribution in [3.63, 3.8) is 0 Å². The molecule has 0 heterocycles. The van der Waals surface area contributed by atoms with Crippen LogP contribution in [0.3, 0.4) is 0 Å². The molecule has 0 saturated heterocycles. The number of nitrogens with zero attached hydrogens (tertiary/aromatic N) is 1. The average molecular weight is 314 g/mol. The highest BCUT2D eigenvalue weighted by molar-refractivity contribution is 5.78. The lowest BCUT2D eigenvalue weighted by atomic mass is 10.1. The highest BCUT2D eigenvalue weighted by Gasteiger charge is 2.07. The van der Waals surface area contributed by atoms with Gasteiger partial charge < -0.3 is 10.1 Å². The number of hydrogen-bond donors (Lipinski definition) is 1. The van der Waals surface area contributed by atoms with E-state index in [9.17, 15) is 14.9 Å². The molecule has 2 aromatic carbocycles. The maximum Gasteiger partial charge on any atom is 0.269 e. The van der Waals surface area contributed by atoms with Gasteiger partial charge in [-0.3, -0.25) is 14.9 Å². The molecule has 0 unspecified atom stereocenters. The highest BCUT2D eigenvalue weighted by Crippen LogP contribution is 2.13. The second-order valence-electron chi connectivity index (χ2n) is 5.05. The number of carbonyl (C=O) groups is 1. The summed E-state index contributed by atoms with van der Waals surface area (Å²) in [6.45, 7) is 0.540. The fourth-order valence-electron chi connectivity index (χ4n) is 2.12. The summed E-state index contributed by atoms with van der Waals surface area (Å²) in [5.74, 6) is 0.698. The number of nitrogens with one attached hydrogen (secondary N) is 1. The Hall–Kier alpha value is -2.89. The van der Waals surface area contributed by atoms with Gasteiger partial charge in [-0.1, -0.05) is 24.3 Å². The smallest absolute Gasteiger partial charge is 0.269 e. The van der Waals surface area contributed by atoms with Gasteiger partial charge >= 0.3 is 0 Å². The molecular formula is C17H18N2O4. The van der Waals surface area contributed by atoms with E-state index in [2.05, 4.69) is 5.32 Å². The lowest BCUT2D eigenvalue weighted by molar-refractivity contribution is -0.384. The second kappa shape index (κ2) is 7.93. The molecule has 120 valence electrons. The Morgan fingerprint density at radius 1 is 1.09 bits per heavy atom. The zero-order valence-corrected chi connectivity index (χ0v) is 12.8. The molecule has 2 rings (SSSR count). The summed E-state index contributed by atoms with van der Waals surface area (Å²) in [5.41, 5.74) is 1.88. The van der Waals surface area contributed by atoms with Gasteiger partial charge in [0.2, 0.25) is 5.91 Å². The van der Waals surface area contributed by atoms with Crippen molar-refractivity contribution in [2.75, 3.05) is 13.7 Å². The first-order valence-electron chi connectivity index (χ1n) is 7.21. The number of hydrogen-bond acceptors (Lipinski definition) is 4. The molecule has 0 aromatic heterocycles. The number of rotatable bonds is 7. The Labute approximate surface area is 134 Å². The van der Waals surface area contributed by atoms with E-state index in [4.69, 9.17) is 4.74 Å². The van der Waals surface area contributed by atoms with E-state index in [1.165, 1.54) is 12.1 Å². The van der Waals surface area contributed by atoms with Gasteiger partial charge in [-0.15, -0.1) is 0 Å². The van der Waals surface area contributed by atoms with Crippen molar-refractivity contribution in [3.05, 3.63) is 69.8 Å². The van der Waals surface area contributed by atoms with E-state index in [1.807, 2.05) is 24.3 Å². The largest absolute Gasteiger partial charge is 0.497 e. The van der Waals surface area contributed by atoms with Crippen LogP contribution in [0.15, 0.2) is 48.5 Å². The van der Waals surface area contributed by atoms with Gasteiger partial charge in [-0.05, 0) is 29.7 Å². The fraction of sp³-hybridized carbons (Fsp3) is 0.235. The van der Waals surface area contributed by atoms with Crippen molar-refractivity contribution in [2.45, 2.75) is 12.8 Å². The normalized spacial score (nSPS) is 10.1. The minimum absolute atomic E-state index is 0.0219. The third kappa shape index (κ3) is 5.10. The monoisotopic (exact) mass is 314 g/mol. The van der Waals surface area contributed by atoms with Gasteiger partial charge in [0, 0.05) is 18.7 Å². The summed E-state index contributed by atoms with van der Waals surface area (Å²) in [4.78, 5) is 22.0. The summed E-state index contributed by atoms with van der Waals surface area (Å²) < 4.78 is 5.09. The first-order valence-corrected chi connectivity index (χ1v) is 7.21. The van der Waals surface area contributed by atoms with Gasteiger partial charge in [-0.25, -0.2) is 0 Å². The number of methoxy groups -OCH3 is 1. The van der Waals surface area contributed by atoms with Gasteiger partial charge in [-0.2, -0.15) is 0 Å². The van der Waals surface area contributed by atoms with Crippen LogP contribution in [0, 0.1) is 10.1 Å². The molecule has 1 amide bonds. The molecule has 2 aromatic rings. The quantitative estimate of drug-likeness (QED) is 0.629. The standard InChI is InChI=1S/C17H18N2O4/c1-23-16-8-4-13(5-9-16)10-11-18-17(20)12-14-2-6-15(7-3-14)19(21)22/h2-9H,10-12H2,1H3,(H,18,20). The molecule has 6 heteroatoms. The van der Waals surface area contributed by atoms with Crippen LogP contribution in [-0.2, 0) is 17.6 Å². The van der Waals surface area contributed by atoms with E-state index >= 15 is 0 Å². The molecule has 23 heavy (non-hydrogen) atoms. The molecule has 0 radical (unpaired) electrons. The summed E-state index contributed by atoms with van der Waals surface area (Å²) in [6, 6.07) is 13.7. The van der Waals surface area contributed by atoms with E-state index in [0.717, 1.165) is 23.3 Å². The number of nitro groups is 1. The Morgan fingerprint density at radius 3 is 2.26 bits per heavy atom. The average Bonchev–Trinajstić information content (AvgIpc) is 2.56. The van der Waals surface area contributed by atoms with E-state index in [1.54, 1.807) is 19.2 Å². The molecule has 6 nitrogen and oxygen atoms in total. The number of benzene rings is 2. The molecule has 1 N–H and O–H groups in total. The summed E-state index contributed by atoms with van der Waals surface area (Å²) in [5, 5.41) is 13.4. The zero-order valence-electron chi connectivity index (χ0n) is 12.8. The third-order valence-electron chi connectivity index (χ3n) is 3.41. The van der Waals surface area contributed by atoms with Crippen LogP contribution >= 0.6 is 0 Å². The third-order valence-corrected chi connectivity index (χ3v) is 3.41. The number of carbonyl (C=O) groups excluding carboxylic acids is 1. The Morgan fingerprint density at radius 2 is 1.70 bits per heavy atom. The molecular weight excluding hydrogens is 296 g/mol. The maximum absolute atomic E-state index is 11.9. The first kappa shape index (κ1) is 16.5. The predicted molar refractivity (Wildman–Crippen MR) is 86.5 cm³/mol. The molecule has 0 bridgehead atoms. The minimum atomic E-state index is -0.460. The van der Waals surface area contributed by atoms with Crippen molar-refractivity contribution in [2.24, 2.45) is 0 Å². The Bertz CT molecular complexity index is 666. The van der Waals surface area contributed by atoms with Gasteiger partial charge in [0.05, 0.1) is 18.5 Å². The molecule has 0 atom stereocenters. The lowest BCUT2D eigenvalue weighted by Gasteiger charge is -2.06. The first-order chi connectivity index (χ1) is 11.1. The van der Waals surface area contributed by atoms with E-state index in [0.29, 0.717) is 6.54 Å². The lowest BCUT2D eigenvalue weighted by Crippen LogP contribution is -2.27. The van der Waals surface area contributed by atoms with Crippen LogP contribution < -0.4 is 10.1 Å². The fourth-order valence-corrected chi connectivity index (χ4v) is 2.12. The van der Waals surface area contributed by atoms with Crippen LogP contribution in [0.1, 0.15) is 11.1 Å². The number of amides is 1. The molecule has 0 aliphatic heterocycles. The van der Waals surface area contributed by atoms with Crippen LogP contribution in [0.4, 0.5) is 5.69 Å². The highest BCUT2D eigenvalue weighted by atomic mass is 16.6. The van der Waals surface area contributed by atoms with Crippen molar-refractivity contribution in [1.82, 2.24) is 5.32 Å². The molecule has 0 fully saturated rings. The summed E-state index contributed by atoms with van der Waals surface area (Å²) in [7, 11) is 1.62. The van der Waals surface area contributed by atoms with Crippen molar-refractivity contribution >= 4 is 11.6 Å². The van der Waals surface area contributed by atoms with Crippen molar-refractivity contribution < 1.29 is 14.5 Å². The number of ether oxygens (including phenoxy) is 1. The van der Waals surface area contributed by atoms with Crippen LogP contribution in [-0.4, -0.2) is 24.5 Å². The van der Waals surface area contributed by atoms with Gasteiger partial charge in [0.25, 0.3) is 5.69 Å². The topological polar surface area (TPSA) is 81.5 Å². The predicted octanol–water partition coefficient (Wildman–Crippen LogP) is 2.50. The second-order valence-corrected chi connectivity index (χ2v) is 5.05. The van der Waals surface area contributed by atoms with Crippen molar-refractivity contribution in [1.29, 1.82) is 0 Å². The number of nitro benzene ring substituents is 1. The molecule has 0 aliphatic rings. The Balaban J connectivity index is 1.77. The summed E-state index contributed by atoms with van der Waals surface area (Å²) >= 11 is 0. The molecule has 0 aliphatic carbocycles. The Kier molecular flexibility index (Phi) is 5.68. The molecule has 0 saturated carbocycles.